The van der Waals surface area contributed by atoms with Crippen LogP contribution in [0.15, 0.2) is 18.2 Å². The zero-order valence-electron chi connectivity index (χ0n) is 15.4. The van der Waals surface area contributed by atoms with E-state index in [0.717, 1.165) is 38.2 Å². The van der Waals surface area contributed by atoms with Gasteiger partial charge in [-0.05, 0) is 49.3 Å². The molecule has 0 bridgehead atoms. The van der Waals surface area contributed by atoms with Crippen LogP contribution < -0.4 is 10.2 Å². The third-order valence-corrected chi connectivity index (χ3v) is 6.19. The first kappa shape index (κ1) is 21.2. The van der Waals surface area contributed by atoms with E-state index >= 15 is 0 Å². The van der Waals surface area contributed by atoms with Crippen LogP contribution in [-0.2, 0) is 15.9 Å². The summed E-state index contributed by atoms with van der Waals surface area (Å²) in [5, 5.41) is 13.3. The van der Waals surface area contributed by atoms with Gasteiger partial charge >= 0.3 is 0 Å². The Morgan fingerprint density at radius 3 is 2.60 bits per heavy atom. The number of aliphatic hydroxyl groups is 1. The largest absolute Gasteiger partial charge is 0.417 e. The first-order chi connectivity index (χ1) is 11.7. The Balaban J connectivity index is 2.24. The number of rotatable bonds is 8. The highest BCUT2D eigenvalue weighted by Gasteiger charge is 2.27. The smallest absolute Gasteiger partial charge is 0.183 e. The summed E-state index contributed by atoms with van der Waals surface area (Å²) in [7, 11) is -1.54. The molecule has 0 spiro atoms. The number of nitrogens with zero attached hydrogens (tertiary/aromatic N) is 1. The predicted octanol–water partition coefficient (Wildman–Crippen LogP) is 3.66. The van der Waals surface area contributed by atoms with Crippen LogP contribution in [0.5, 0.6) is 0 Å². The Labute approximate surface area is 166 Å². The molecule has 0 saturated carbocycles. The van der Waals surface area contributed by atoms with Crippen LogP contribution in [-0.4, -0.2) is 51.5 Å². The summed E-state index contributed by atoms with van der Waals surface area (Å²) in [6.07, 6.45) is 1.30. The maximum absolute atomic E-state index is 10.6. The molecule has 2 N–H and O–H groups in total. The molecule has 7 heteroatoms. The van der Waals surface area contributed by atoms with Crippen molar-refractivity contribution in [3.05, 3.63) is 29.3 Å². The highest BCUT2D eigenvalue weighted by Crippen LogP contribution is 2.34. The second-order valence-corrected chi connectivity index (χ2v) is 13.4. The zero-order valence-corrected chi connectivity index (χ0v) is 18.8. The van der Waals surface area contributed by atoms with Crippen LogP contribution in [0.1, 0.15) is 17.5 Å². The Morgan fingerprint density at radius 1 is 1.32 bits per heavy atom. The minimum Gasteiger partial charge on any atom is -0.417 e. The SMILES string of the molecule is C[Si](C)(C)OCCc1cc(C(O)(Cl)CCBr)ccc1N1CCNCC1. The van der Waals surface area contributed by atoms with E-state index in [9.17, 15) is 5.11 Å². The van der Waals surface area contributed by atoms with Gasteiger partial charge in [-0.3, -0.25) is 0 Å². The number of hydrogen-bond donors (Lipinski definition) is 2. The minimum atomic E-state index is -1.54. The third kappa shape index (κ3) is 6.52. The lowest BCUT2D eigenvalue weighted by Gasteiger charge is -2.32. The van der Waals surface area contributed by atoms with Gasteiger partial charge in [-0.1, -0.05) is 33.6 Å². The van der Waals surface area contributed by atoms with Crippen molar-refractivity contribution < 1.29 is 9.53 Å². The van der Waals surface area contributed by atoms with Gasteiger partial charge in [-0.25, -0.2) is 0 Å². The predicted molar refractivity (Wildman–Crippen MR) is 113 cm³/mol. The average Bonchev–Trinajstić information content (AvgIpc) is 2.54. The average molecular weight is 450 g/mol. The second-order valence-electron chi connectivity index (χ2n) is 7.49. The Bertz CT molecular complexity index is 560. The summed E-state index contributed by atoms with van der Waals surface area (Å²) < 4.78 is 6.05. The Morgan fingerprint density at radius 2 is 2.00 bits per heavy atom. The molecule has 0 aromatic heterocycles. The number of piperazine rings is 1. The fraction of sp³-hybridized carbons (Fsp3) is 0.667. The van der Waals surface area contributed by atoms with E-state index in [1.54, 1.807) is 0 Å². The van der Waals surface area contributed by atoms with E-state index in [-0.39, 0.29) is 0 Å². The van der Waals surface area contributed by atoms with Gasteiger partial charge in [0, 0.05) is 50.2 Å². The van der Waals surface area contributed by atoms with Gasteiger partial charge in [0.05, 0.1) is 0 Å². The van der Waals surface area contributed by atoms with Crippen LogP contribution in [0.25, 0.3) is 0 Å². The van der Waals surface area contributed by atoms with Crippen LogP contribution in [0.3, 0.4) is 0 Å². The molecule has 1 aliphatic rings. The second kappa shape index (κ2) is 9.20. The van der Waals surface area contributed by atoms with E-state index in [1.807, 2.05) is 6.07 Å². The van der Waals surface area contributed by atoms with Crippen LogP contribution >= 0.6 is 27.5 Å². The lowest BCUT2D eigenvalue weighted by atomic mass is 9.99. The molecule has 2 rings (SSSR count). The fourth-order valence-electron chi connectivity index (χ4n) is 2.97. The molecule has 0 aliphatic carbocycles. The number of hydrogen-bond acceptors (Lipinski definition) is 4. The molecule has 1 aromatic rings. The molecule has 1 aromatic carbocycles. The molecule has 1 atom stereocenters. The molecule has 25 heavy (non-hydrogen) atoms. The summed E-state index contributed by atoms with van der Waals surface area (Å²) in [6, 6.07) is 6.11. The molecule has 1 saturated heterocycles. The number of anilines is 1. The quantitative estimate of drug-likeness (QED) is 0.469. The maximum Gasteiger partial charge on any atom is 0.183 e. The van der Waals surface area contributed by atoms with Gasteiger partial charge in [0.15, 0.2) is 13.4 Å². The lowest BCUT2D eigenvalue weighted by Crippen LogP contribution is -2.44. The zero-order chi connectivity index (χ0) is 18.5. The fourth-order valence-corrected chi connectivity index (χ4v) is 4.70. The van der Waals surface area contributed by atoms with Gasteiger partial charge in [0.1, 0.15) is 0 Å². The van der Waals surface area contributed by atoms with E-state index in [2.05, 4.69) is 57.9 Å². The third-order valence-electron chi connectivity index (χ3n) is 4.31. The van der Waals surface area contributed by atoms with Crippen molar-refractivity contribution in [3.63, 3.8) is 0 Å². The van der Waals surface area contributed by atoms with Crippen LogP contribution in [0.2, 0.25) is 19.6 Å². The monoisotopic (exact) mass is 448 g/mol. The standard InChI is InChI=1S/C18H30BrClN2O2Si/c1-25(2,3)24-13-6-15-14-16(18(20,23)7-8-19)4-5-17(15)22-11-9-21-10-12-22/h4-5,14,21,23H,6-13H2,1-3H3. The molecule has 0 amide bonds. The highest BCUT2D eigenvalue weighted by molar-refractivity contribution is 9.09. The first-order valence-electron chi connectivity index (χ1n) is 8.93. The summed E-state index contributed by atoms with van der Waals surface area (Å²) in [5.74, 6) is 0. The molecule has 4 nitrogen and oxygen atoms in total. The van der Waals surface area contributed by atoms with Crippen molar-refractivity contribution in [2.75, 3.05) is 43.0 Å². The van der Waals surface area contributed by atoms with E-state index in [0.29, 0.717) is 18.4 Å². The van der Waals surface area contributed by atoms with Gasteiger partial charge in [0.25, 0.3) is 0 Å². The molecule has 1 fully saturated rings. The molecule has 142 valence electrons. The molecular formula is C18H30BrClN2O2Si. The normalized spacial score (nSPS) is 18.2. The minimum absolute atomic E-state index is 0.465. The summed E-state index contributed by atoms with van der Waals surface area (Å²) in [4.78, 5) is 2.40. The van der Waals surface area contributed by atoms with Crippen molar-refractivity contribution in [1.82, 2.24) is 5.32 Å². The van der Waals surface area contributed by atoms with Crippen LogP contribution in [0.4, 0.5) is 5.69 Å². The highest BCUT2D eigenvalue weighted by atomic mass is 79.9. The van der Waals surface area contributed by atoms with Gasteiger partial charge in [0.2, 0.25) is 0 Å². The summed E-state index contributed by atoms with van der Waals surface area (Å²) in [6.45, 7) is 11.3. The topological polar surface area (TPSA) is 44.7 Å². The Kier molecular flexibility index (Phi) is 7.79. The number of benzene rings is 1. The molecule has 1 heterocycles. The molecule has 1 unspecified atom stereocenters. The number of alkyl halides is 2. The van der Waals surface area contributed by atoms with Crippen molar-refractivity contribution in [2.24, 2.45) is 0 Å². The maximum atomic E-state index is 10.6. The Hall–Kier alpha value is -0.113. The van der Waals surface area contributed by atoms with Gasteiger partial charge in [-0.2, -0.15) is 0 Å². The lowest BCUT2D eigenvalue weighted by molar-refractivity contribution is 0.126. The van der Waals surface area contributed by atoms with Gasteiger partial charge in [-0.15, -0.1) is 0 Å². The van der Waals surface area contributed by atoms with Crippen molar-refractivity contribution in [3.8, 4) is 0 Å². The summed E-state index contributed by atoms with van der Waals surface area (Å²) >= 11 is 9.72. The molecule has 0 radical (unpaired) electrons. The number of halogens is 2. The number of nitrogens with one attached hydrogen (secondary N) is 1. The van der Waals surface area contributed by atoms with Crippen molar-refractivity contribution in [1.29, 1.82) is 0 Å². The van der Waals surface area contributed by atoms with Crippen molar-refractivity contribution >= 4 is 41.5 Å². The van der Waals surface area contributed by atoms with Gasteiger partial charge < -0.3 is 19.7 Å². The molecular weight excluding hydrogens is 420 g/mol. The van der Waals surface area contributed by atoms with Crippen molar-refractivity contribution in [2.45, 2.75) is 37.5 Å². The van der Waals surface area contributed by atoms with Crippen LogP contribution in [0, 0.1) is 0 Å². The van der Waals surface area contributed by atoms with E-state index in [4.69, 9.17) is 16.0 Å². The summed E-state index contributed by atoms with van der Waals surface area (Å²) in [5.41, 5.74) is 3.19. The molecule has 1 aliphatic heterocycles. The first-order valence-corrected chi connectivity index (χ1v) is 13.8. The van der Waals surface area contributed by atoms with E-state index in [1.165, 1.54) is 11.3 Å². The van der Waals surface area contributed by atoms with E-state index < -0.39 is 13.4 Å².